The van der Waals surface area contributed by atoms with Crippen molar-refractivity contribution in [2.75, 3.05) is 19.8 Å². The minimum Gasteiger partial charge on any atom is -0.387 e. The molecule has 2 saturated heterocycles. The van der Waals surface area contributed by atoms with Gasteiger partial charge in [-0.15, -0.1) is 18.2 Å². The number of carbonyl (C=O) groups is 1. The number of aliphatic hydroxyl groups is 3. The molecule has 2 rings (SSSR count). The van der Waals surface area contributed by atoms with Crippen molar-refractivity contribution in [3.05, 3.63) is 0 Å². The number of likely N-dealkylation sites (N-methyl/N-ethyl adjacent to an activating group) is 1. The second-order valence-corrected chi connectivity index (χ2v) is 8.11. The highest BCUT2D eigenvalue weighted by atomic mass is 32.2. The first-order valence-electron chi connectivity index (χ1n) is 9.03. The first-order chi connectivity index (χ1) is 12.3. The summed E-state index contributed by atoms with van der Waals surface area (Å²) < 4.78 is 5.67. The van der Waals surface area contributed by atoms with Gasteiger partial charge in [0.25, 0.3) is 0 Å². The maximum atomic E-state index is 12.7. The Bertz CT molecular complexity index is 526. The lowest BCUT2D eigenvalue weighted by atomic mass is 9.94. The van der Waals surface area contributed by atoms with Crippen LogP contribution >= 0.6 is 11.8 Å². The Morgan fingerprint density at radius 1 is 1.38 bits per heavy atom. The number of carbonyl (C=O) groups excluding carboxylic acids is 1. The molecule has 2 fully saturated rings. The molecule has 7 nitrogen and oxygen atoms in total. The number of thioether (sulfide) groups is 1. The van der Waals surface area contributed by atoms with Gasteiger partial charge in [0, 0.05) is 6.54 Å². The predicted octanol–water partition coefficient (Wildman–Crippen LogP) is -0.605. The monoisotopic (exact) mass is 386 g/mol. The molecule has 0 aromatic rings. The summed E-state index contributed by atoms with van der Waals surface area (Å²) in [6.07, 6.45) is 5.25. The zero-order valence-corrected chi connectivity index (χ0v) is 16.4. The molecule has 0 aliphatic carbocycles. The van der Waals surface area contributed by atoms with E-state index >= 15 is 0 Å². The van der Waals surface area contributed by atoms with Crippen LogP contribution in [0.2, 0.25) is 0 Å². The number of hydrogen-bond donors (Lipinski definition) is 4. The van der Waals surface area contributed by atoms with Crippen LogP contribution in [0.1, 0.15) is 26.2 Å². The molecule has 0 spiro atoms. The van der Waals surface area contributed by atoms with Gasteiger partial charge in [0.1, 0.15) is 35.9 Å². The SMILES string of the molecule is C#C[C@@H](NC(=O)[C@@H]1CC(CCC)CN1C)[C@H]1OC(SC)[C@H](O)C(O)C1O. The van der Waals surface area contributed by atoms with E-state index in [-0.39, 0.29) is 11.9 Å². The number of aliphatic hydroxyl groups excluding tert-OH is 3. The summed E-state index contributed by atoms with van der Waals surface area (Å²) in [5, 5.41) is 33.1. The number of nitrogens with one attached hydrogen (secondary N) is 1. The van der Waals surface area contributed by atoms with Gasteiger partial charge in [0.05, 0.1) is 6.04 Å². The van der Waals surface area contributed by atoms with Crippen molar-refractivity contribution in [2.24, 2.45) is 5.92 Å². The van der Waals surface area contributed by atoms with Gasteiger partial charge in [0.2, 0.25) is 5.91 Å². The molecule has 1 amide bonds. The van der Waals surface area contributed by atoms with E-state index in [1.54, 1.807) is 6.26 Å². The topological polar surface area (TPSA) is 102 Å². The van der Waals surface area contributed by atoms with Crippen LogP contribution in [0.25, 0.3) is 0 Å². The minimum absolute atomic E-state index is 0.203. The number of likely N-dealkylation sites (tertiary alicyclic amines) is 1. The van der Waals surface area contributed by atoms with Crippen molar-refractivity contribution in [1.82, 2.24) is 10.2 Å². The summed E-state index contributed by atoms with van der Waals surface area (Å²) in [5.74, 6) is 2.73. The van der Waals surface area contributed by atoms with Gasteiger partial charge in [0.15, 0.2) is 0 Å². The standard InChI is InChI=1S/C18H30N2O5S/c1-5-7-10-8-12(20(3)9-10)17(24)19-11(6-2)16-14(22)13(21)15(23)18(25-16)26-4/h2,10-16,18,21-23H,5,7-9H2,1,3-4H3,(H,19,24)/t10?,11-,12+,13?,14?,15-,16-,18?/m1/s1. The average Bonchev–Trinajstić information content (AvgIpc) is 2.99. The summed E-state index contributed by atoms with van der Waals surface area (Å²) >= 11 is 1.21. The van der Waals surface area contributed by atoms with Crippen molar-refractivity contribution >= 4 is 17.7 Å². The third kappa shape index (κ3) is 4.53. The Balaban J connectivity index is 2.04. The molecule has 2 heterocycles. The van der Waals surface area contributed by atoms with E-state index in [4.69, 9.17) is 11.2 Å². The molecule has 2 aliphatic heterocycles. The van der Waals surface area contributed by atoms with Crippen LogP contribution < -0.4 is 5.32 Å². The van der Waals surface area contributed by atoms with E-state index < -0.39 is 35.9 Å². The zero-order valence-electron chi connectivity index (χ0n) is 15.5. The van der Waals surface area contributed by atoms with Crippen LogP contribution in [-0.4, -0.2) is 87.9 Å². The number of ether oxygens (including phenoxy) is 1. The Morgan fingerprint density at radius 2 is 2.08 bits per heavy atom. The van der Waals surface area contributed by atoms with E-state index in [1.165, 1.54) is 11.8 Å². The van der Waals surface area contributed by atoms with E-state index in [9.17, 15) is 20.1 Å². The predicted molar refractivity (Wildman–Crippen MR) is 100 cm³/mol. The fourth-order valence-corrected chi connectivity index (χ4v) is 4.52. The van der Waals surface area contributed by atoms with Crippen molar-refractivity contribution in [2.45, 2.75) is 68.1 Å². The fraction of sp³-hybridized carbons (Fsp3) is 0.833. The molecule has 8 heteroatoms. The quantitative estimate of drug-likeness (QED) is 0.452. The van der Waals surface area contributed by atoms with Gasteiger partial charge in [-0.25, -0.2) is 0 Å². The molecular formula is C18H30N2O5S. The molecule has 4 unspecified atom stereocenters. The van der Waals surface area contributed by atoms with Crippen molar-refractivity contribution in [3.8, 4) is 12.3 Å². The Morgan fingerprint density at radius 3 is 2.65 bits per heavy atom. The lowest BCUT2D eigenvalue weighted by molar-refractivity contribution is -0.201. The molecule has 148 valence electrons. The van der Waals surface area contributed by atoms with E-state index in [0.717, 1.165) is 25.8 Å². The number of nitrogens with zero attached hydrogens (tertiary/aromatic N) is 1. The summed E-state index contributed by atoms with van der Waals surface area (Å²) in [7, 11) is 1.92. The van der Waals surface area contributed by atoms with Crippen LogP contribution in [0.4, 0.5) is 0 Å². The Hall–Kier alpha value is -0.820. The third-order valence-electron chi connectivity index (χ3n) is 5.28. The Labute approximate surface area is 159 Å². The second kappa shape index (κ2) is 9.40. The van der Waals surface area contributed by atoms with Crippen LogP contribution in [-0.2, 0) is 9.53 Å². The van der Waals surface area contributed by atoms with Gasteiger partial charge in [-0.3, -0.25) is 9.69 Å². The van der Waals surface area contributed by atoms with Gasteiger partial charge >= 0.3 is 0 Å². The molecule has 0 aromatic carbocycles. The molecular weight excluding hydrogens is 356 g/mol. The first kappa shape index (κ1) is 21.5. The third-order valence-corrected chi connectivity index (χ3v) is 6.13. The maximum absolute atomic E-state index is 12.7. The molecule has 0 saturated carbocycles. The van der Waals surface area contributed by atoms with Crippen molar-refractivity contribution in [1.29, 1.82) is 0 Å². The van der Waals surface area contributed by atoms with Crippen LogP contribution in [0.5, 0.6) is 0 Å². The highest BCUT2D eigenvalue weighted by Gasteiger charge is 2.47. The zero-order chi connectivity index (χ0) is 19.4. The first-order valence-corrected chi connectivity index (χ1v) is 10.3. The summed E-state index contributed by atoms with van der Waals surface area (Å²) in [4.78, 5) is 14.7. The lowest BCUT2D eigenvalue weighted by Gasteiger charge is -2.42. The highest BCUT2D eigenvalue weighted by Crippen LogP contribution is 2.29. The number of rotatable bonds is 6. The molecule has 2 aliphatic rings. The lowest BCUT2D eigenvalue weighted by Crippen LogP contribution is -2.63. The second-order valence-electron chi connectivity index (χ2n) is 7.18. The normalized spacial score (nSPS) is 39.3. The van der Waals surface area contributed by atoms with E-state index in [1.807, 2.05) is 11.9 Å². The smallest absolute Gasteiger partial charge is 0.238 e. The average molecular weight is 387 g/mol. The molecule has 4 N–H and O–H groups in total. The van der Waals surface area contributed by atoms with Crippen LogP contribution in [0.3, 0.4) is 0 Å². The van der Waals surface area contributed by atoms with Gasteiger partial charge in [-0.1, -0.05) is 19.3 Å². The van der Waals surface area contributed by atoms with Crippen LogP contribution in [0, 0.1) is 18.3 Å². The van der Waals surface area contributed by atoms with E-state index in [2.05, 4.69) is 18.2 Å². The van der Waals surface area contributed by atoms with Gasteiger partial charge < -0.3 is 25.4 Å². The number of terminal acetylenes is 1. The minimum atomic E-state index is -1.39. The highest BCUT2D eigenvalue weighted by molar-refractivity contribution is 7.99. The molecule has 0 radical (unpaired) electrons. The largest absolute Gasteiger partial charge is 0.387 e. The van der Waals surface area contributed by atoms with Crippen LogP contribution in [0.15, 0.2) is 0 Å². The molecule has 8 atom stereocenters. The number of hydrogen-bond acceptors (Lipinski definition) is 7. The maximum Gasteiger partial charge on any atom is 0.238 e. The fourth-order valence-electron chi connectivity index (χ4n) is 3.84. The summed E-state index contributed by atoms with van der Waals surface area (Å²) in [6, 6.07) is -1.16. The summed E-state index contributed by atoms with van der Waals surface area (Å²) in [5.41, 5.74) is -0.728. The summed E-state index contributed by atoms with van der Waals surface area (Å²) in [6.45, 7) is 3.00. The molecule has 0 bridgehead atoms. The van der Waals surface area contributed by atoms with Gasteiger partial charge in [-0.05, 0) is 32.1 Å². The Kier molecular flexibility index (Phi) is 7.76. The molecule has 26 heavy (non-hydrogen) atoms. The van der Waals surface area contributed by atoms with Crippen molar-refractivity contribution < 1.29 is 24.9 Å². The van der Waals surface area contributed by atoms with E-state index in [0.29, 0.717) is 5.92 Å². The number of amides is 1. The van der Waals surface area contributed by atoms with Crippen molar-refractivity contribution in [3.63, 3.8) is 0 Å². The van der Waals surface area contributed by atoms with Gasteiger partial charge in [-0.2, -0.15) is 0 Å². The molecule has 0 aromatic heterocycles.